The number of ether oxygens (including phenoxy) is 1. The highest BCUT2D eigenvalue weighted by atomic mass is 35.5. The lowest BCUT2D eigenvalue weighted by molar-refractivity contribution is 0.262. The molecule has 16 heteroatoms. The van der Waals surface area contributed by atoms with Crippen LogP contribution in [0, 0.1) is 0 Å². The predicted octanol–water partition coefficient (Wildman–Crippen LogP) is 9.12. The number of carbonyl (C=O) groups excluding carboxylic acids is 1. The number of urea groups is 1. The molecule has 3 aromatic carbocycles. The molecule has 9 rings (SSSR count). The van der Waals surface area contributed by atoms with Gasteiger partial charge in [-0.05, 0) is 90.0 Å². The Kier molecular flexibility index (Phi) is 11.7. The zero-order valence-corrected chi connectivity index (χ0v) is 33.0. The number of carbonyl (C=O) groups is 1. The molecule has 6 heterocycles. The van der Waals surface area contributed by atoms with Gasteiger partial charge < -0.3 is 40.9 Å². The van der Waals surface area contributed by atoms with Gasteiger partial charge in [-0.15, -0.1) is 0 Å². The Morgan fingerprint density at radius 1 is 0.633 bits per heavy atom. The quantitative estimate of drug-likeness (QED) is 0.0784. The minimum atomic E-state index is -0.398. The van der Waals surface area contributed by atoms with Gasteiger partial charge in [0.1, 0.15) is 29.0 Å². The van der Waals surface area contributed by atoms with Gasteiger partial charge in [-0.1, -0.05) is 23.7 Å². The third-order valence-electron chi connectivity index (χ3n) is 9.31. The summed E-state index contributed by atoms with van der Waals surface area (Å²) >= 11 is 6.07. The molecular formula is C44H38ClN13O2. The molecule has 9 aromatic rings. The summed E-state index contributed by atoms with van der Waals surface area (Å²) in [6.07, 6.45) is 17.4. The van der Waals surface area contributed by atoms with Gasteiger partial charge >= 0.3 is 6.03 Å². The molecule has 0 aliphatic rings. The summed E-state index contributed by atoms with van der Waals surface area (Å²) in [6.45, 7) is 1.36. The summed E-state index contributed by atoms with van der Waals surface area (Å²) in [4.78, 5) is 38.0. The molecule has 15 nitrogen and oxygen atoms in total. The van der Waals surface area contributed by atoms with Gasteiger partial charge in [0.15, 0.2) is 0 Å². The van der Waals surface area contributed by atoms with Crippen LogP contribution in [0.4, 0.5) is 45.1 Å². The van der Waals surface area contributed by atoms with E-state index in [9.17, 15) is 4.79 Å². The van der Waals surface area contributed by atoms with Crippen molar-refractivity contribution in [3.63, 3.8) is 0 Å². The summed E-state index contributed by atoms with van der Waals surface area (Å²) in [5.41, 5.74) is 12.3. The Balaban J connectivity index is 0.000000180. The lowest BCUT2D eigenvalue weighted by atomic mass is 10.2. The molecule has 0 saturated heterocycles. The van der Waals surface area contributed by atoms with Crippen molar-refractivity contribution in [2.45, 2.75) is 13.1 Å². The molecule has 0 bridgehead atoms. The SMILES string of the molecule is COc1ccc(Cl)cc1NC(=O)Nc1cccc2c1ccn2Cc1ccnc(Nc2cnccn2)c1.Nc1cccc2c1ccn2Cc1ccnc(Nc2cnccn2)c1. The number of benzene rings is 3. The van der Waals surface area contributed by atoms with Crippen molar-refractivity contribution in [1.29, 1.82) is 0 Å². The number of methoxy groups -OCH3 is 1. The third kappa shape index (κ3) is 9.39. The number of anilines is 7. The maximum absolute atomic E-state index is 12.7. The molecule has 6 aromatic heterocycles. The number of rotatable bonds is 11. The van der Waals surface area contributed by atoms with Crippen molar-refractivity contribution in [3.05, 3.63) is 169 Å². The maximum Gasteiger partial charge on any atom is 0.323 e. The molecule has 60 heavy (non-hydrogen) atoms. The Bertz CT molecular complexity index is 2890. The topological polar surface area (TPSA) is 188 Å². The minimum absolute atomic E-state index is 0.398. The van der Waals surface area contributed by atoms with Crippen LogP contribution < -0.4 is 31.7 Å². The molecule has 0 fully saturated rings. The molecule has 0 radical (unpaired) electrons. The van der Waals surface area contributed by atoms with Crippen molar-refractivity contribution >= 4 is 79.8 Å². The van der Waals surface area contributed by atoms with E-state index < -0.39 is 6.03 Å². The van der Waals surface area contributed by atoms with Crippen LogP contribution in [0.15, 0.2) is 153 Å². The maximum atomic E-state index is 12.7. The van der Waals surface area contributed by atoms with Crippen molar-refractivity contribution in [2.75, 3.05) is 34.1 Å². The number of nitrogens with two attached hydrogens (primary N) is 1. The van der Waals surface area contributed by atoms with Crippen LogP contribution in [0.2, 0.25) is 5.02 Å². The third-order valence-corrected chi connectivity index (χ3v) is 9.55. The lowest BCUT2D eigenvalue weighted by Gasteiger charge is -2.13. The van der Waals surface area contributed by atoms with Crippen LogP contribution in [0.25, 0.3) is 21.8 Å². The van der Waals surface area contributed by atoms with Gasteiger partial charge in [-0.3, -0.25) is 9.97 Å². The largest absolute Gasteiger partial charge is 0.495 e. The van der Waals surface area contributed by atoms with E-state index in [1.54, 1.807) is 67.8 Å². The first kappa shape index (κ1) is 38.8. The zero-order valence-electron chi connectivity index (χ0n) is 32.2. The highest BCUT2D eigenvalue weighted by Crippen LogP contribution is 2.30. The molecule has 6 N–H and O–H groups in total. The van der Waals surface area contributed by atoms with E-state index in [0.717, 1.165) is 51.0 Å². The van der Waals surface area contributed by atoms with Crippen LogP contribution in [-0.4, -0.2) is 52.2 Å². The standard InChI is InChI=1S/C26H22ClN7O2.C18H16N6/c1-36-23-6-5-18(27)14-21(23)32-26(35)31-20-3-2-4-22-19(20)8-12-34(22)16-17-7-9-29-24(13-17)33-25-15-28-10-11-30-25;19-15-2-1-3-16-14(15)5-9-24(16)12-13-4-6-21-17(10-13)23-18-11-20-7-8-22-18/h2-15H,16H2,1H3,(H,29,30,33)(H2,31,32,35);1-11H,12,19H2,(H,21,22,23). The summed E-state index contributed by atoms with van der Waals surface area (Å²) in [7, 11) is 1.54. The average Bonchev–Trinajstić information content (AvgIpc) is 3.87. The van der Waals surface area contributed by atoms with Crippen LogP contribution in [0.5, 0.6) is 5.75 Å². The number of hydrogen-bond donors (Lipinski definition) is 5. The molecule has 0 saturated carbocycles. The molecule has 0 spiro atoms. The van der Waals surface area contributed by atoms with Crippen molar-refractivity contribution in [2.24, 2.45) is 0 Å². The predicted molar refractivity (Wildman–Crippen MR) is 236 cm³/mol. The molecule has 0 aliphatic heterocycles. The number of halogens is 1. The van der Waals surface area contributed by atoms with Crippen LogP contribution in [-0.2, 0) is 13.1 Å². The number of nitrogens with zero attached hydrogens (tertiary/aromatic N) is 8. The number of aromatic nitrogens is 8. The fraction of sp³-hybridized carbons (Fsp3) is 0.0682. The molecular weight excluding hydrogens is 778 g/mol. The van der Waals surface area contributed by atoms with E-state index in [0.29, 0.717) is 46.1 Å². The number of nitrogen functional groups attached to an aromatic ring is 1. The van der Waals surface area contributed by atoms with E-state index in [1.807, 2.05) is 72.9 Å². The summed E-state index contributed by atoms with van der Waals surface area (Å²) in [5.74, 6) is 3.23. The Morgan fingerprint density at radius 2 is 1.20 bits per heavy atom. The smallest absolute Gasteiger partial charge is 0.323 e. The van der Waals surface area contributed by atoms with E-state index >= 15 is 0 Å². The average molecular weight is 816 g/mol. The van der Waals surface area contributed by atoms with Crippen molar-refractivity contribution < 1.29 is 9.53 Å². The monoisotopic (exact) mass is 815 g/mol. The summed E-state index contributed by atoms with van der Waals surface area (Å²) < 4.78 is 9.59. The second-order valence-electron chi connectivity index (χ2n) is 13.4. The van der Waals surface area contributed by atoms with E-state index in [1.165, 1.54) is 7.11 Å². The zero-order chi connectivity index (χ0) is 41.3. The van der Waals surface area contributed by atoms with Gasteiger partial charge in [0, 0.05) is 84.1 Å². The van der Waals surface area contributed by atoms with Gasteiger partial charge in [0.25, 0.3) is 0 Å². The number of fused-ring (bicyclic) bond motifs is 2. The molecule has 2 amide bonds. The minimum Gasteiger partial charge on any atom is -0.495 e. The first-order chi connectivity index (χ1) is 29.4. The fourth-order valence-electron chi connectivity index (χ4n) is 6.57. The number of nitrogens with one attached hydrogen (secondary N) is 4. The van der Waals surface area contributed by atoms with Crippen molar-refractivity contribution in [3.8, 4) is 5.75 Å². The highest BCUT2D eigenvalue weighted by molar-refractivity contribution is 6.31. The van der Waals surface area contributed by atoms with E-state index in [2.05, 4.69) is 72.6 Å². The Morgan fingerprint density at radius 3 is 1.80 bits per heavy atom. The van der Waals surface area contributed by atoms with Crippen LogP contribution in [0.1, 0.15) is 11.1 Å². The second-order valence-corrected chi connectivity index (χ2v) is 13.8. The molecule has 0 unspecified atom stereocenters. The second kappa shape index (κ2) is 18.0. The summed E-state index contributed by atoms with van der Waals surface area (Å²) in [6, 6.07) is 28.3. The Hall–Kier alpha value is -8.04. The van der Waals surface area contributed by atoms with E-state index in [-0.39, 0.29) is 0 Å². The first-order valence-corrected chi connectivity index (χ1v) is 19.0. The van der Waals surface area contributed by atoms with Gasteiger partial charge in [-0.25, -0.2) is 24.7 Å². The highest BCUT2D eigenvalue weighted by Gasteiger charge is 2.13. The number of pyridine rings is 2. The number of amides is 2. The van der Waals surface area contributed by atoms with Crippen molar-refractivity contribution in [1.82, 2.24) is 39.0 Å². The Labute approximate surface area is 349 Å². The molecule has 0 aliphatic carbocycles. The molecule has 0 atom stereocenters. The number of hydrogen-bond acceptors (Lipinski definition) is 11. The van der Waals surface area contributed by atoms with Gasteiger partial charge in [0.2, 0.25) is 0 Å². The van der Waals surface area contributed by atoms with Gasteiger partial charge in [-0.2, -0.15) is 0 Å². The normalized spacial score (nSPS) is 10.8. The van der Waals surface area contributed by atoms with Crippen LogP contribution >= 0.6 is 11.6 Å². The first-order valence-electron chi connectivity index (χ1n) is 18.7. The lowest BCUT2D eigenvalue weighted by Crippen LogP contribution is -2.20. The summed E-state index contributed by atoms with van der Waals surface area (Å²) in [5, 5.41) is 14.5. The van der Waals surface area contributed by atoms with E-state index in [4.69, 9.17) is 22.1 Å². The van der Waals surface area contributed by atoms with Gasteiger partial charge in [0.05, 0.1) is 41.9 Å². The molecule has 298 valence electrons. The van der Waals surface area contributed by atoms with Crippen LogP contribution in [0.3, 0.4) is 0 Å². The fourth-order valence-corrected chi connectivity index (χ4v) is 6.75.